The van der Waals surface area contributed by atoms with Crippen LogP contribution in [-0.2, 0) is 12.8 Å². The van der Waals surface area contributed by atoms with Crippen LogP contribution >= 0.6 is 15.9 Å². The van der Waals surface area contributed by atoms with Crippen molar-refractivity contribution in [3.05, 3.63) is 27.7 Å². The third-order valence-corrected chi connectivity index (χ3v) is 2.93. The van der Waals surface area contributed by atoms with Crippen LogP contribution in [0.25, 0.3) is 0 Å². The molecule has 1 heterocycles. The monoisotopic (exact) mass is 265 g/mol. The average Bonchev–Trinajstić information content (AvgIpc) is 2.40. The van der Waals surface area contributed by atoms with Gasteiger partial charge in [0, 0.05) is 16.5 Å². The van der Waals surface area contributed by atoms with Gasteiger partial charge in [-0.3, -0.25) is 0 Å². The van der Waals surface area contributed by atoms with Crippen LogP contribution in [0.3, 0.4) is 0 Å². The van der Waals surface area contributed by atoms with Crippen LogP contribution in [0, 0.1) is 11.3 Å². The van der Waals surface area contributed by atoms with Crippen molar-refractivity contribution >= 4 is 15.9 Å². The van der Waals surface area contributed by atoms with Crippen LogP contribution in [0.15, 0.2) is 16.6 Å². The van der Waals surface area contributed by atoms with Crippen molar-refractivity contribution in [2.75, 3.05) is 0 Å². The Morgan fingerprint density at radius 2 is 2.27 bits per heavy atom. The first kappa shape index (κ1) is 10.5. The molecule has 0 saturated carbocycles. The molecule has 0 amide bonds. The van der Waals surface area contributed by atoms with Gasteiger partial charge in [-0.05, 0) is 31.5 Å². The minimum atomic E-state index is -0.146. The van der Waals surface area contributed by atoms with E-state index in [0.29, 0.717) is 6.42 Å². The molecular formula is C12H12BrNO. The molecule has 1 aliphatic heterocycles. The lowest BCUT2D eigenvalue weighted by molar-refractivity contribution is 0.137. The van der Waals surface area contributed by atoms with Crippen molar-refractivity contribution in [1.29, 1.82) is 5.26 Å². The van der Waals surface area contributed by atoms with Crippen LogP contribution in [0.2, 0.25) is 0 Å². The zero-order chi connectivity index (χ0) is 11.1. The molecule has 1 aliphatic rings. The average molecular weight is 266 g/mol. The van der Waals surface area contributed by atoms with Gasteiger partial charge in [0.1, 0.15) is 11.4 Å². The Morgan fingerprint density at radius 1 is 1.53 bits per heavy atom. The SMILES string of the molecule is CC1(C)Cc2cc(Br)cc(CC#N)c2O1. The van der Waals surface area contributed by atoms with Gasteiger partial charge in [-0.15, -0.1) is 0 Å². The Balaban J connectivity index is 2.49. The molecule has 1 aromatic rings. The molecule has 0 atom stereocenters. The number of hydrogen-bond donors (Lipinski definition) is 0. The van der Waals surface area contributed by atoms with Crippen molar-refractivity contribution in [3.8, 4) is 11.8 Å². The summed E-state index contributed by atoms with van der Waals surface area (Å²) in [4.78, 5) is 0. The molecule has 0 fully saturated rings. The fourth-order valence-electron chi connectivity index (χ4n) is 1.96. The second-order valence-electron chi connectivity index (χ2n) is 4.43. The normalized spacial score (nSPS) is 16.7. The summed E-state index contributed by atoms with van der Waals surface area (Å²) in [6.07, 6.45) is 1.30. The highest BCUT2D eigenvalue weighted by atomic mass is 79.9. The van der Waals surface area contributed by atoms with Gasteiger partial charge >= 0.3 is 0 Å². The predicted octanol–water partition coefficient (Wildman–Crippen LogP) is 3.23. The van der Waals surface area contributed by atoms with Crippen LogP contribution in [0.5, 0.6) is 5.75 Å². The molecule has 0 radical (unpaired) electrons. The molecule has 0 unspecified atom stereocenters. The van der Waals surface area contributed by atoms with E-state index < -0.39 is 0 Å². The van der Waals surface area contributed by atoms with Crippen LogP contribution in [0.1, 0.15) is 25.0 Å². The Hall–Kier alpha value is -1.01. The van der Waals surface area contributed by atoms with E-state index in [9.17, 15) is 0 Å². The van der Waals surface area contributed by atoms with Gasteiger partial charge in [0.15, 0.2) is 0 Å². The maximum atomic E-state index is 8.75. The van der Waals surface area contributed by atoms with Gasteiger partial charge in [-0.25, -0.2) is 0 Å². The number of fused-ring (bicyclic) bond motifs is 1. The van der Waals surface area contributed by atoms with E-state index in [-0.39, 0.29) is 5.60 Å². The lowest BCUT2D eigenvalue weighted by Crippen LogP contribution is -2.24. The smallest absolute Gasteiger partial charge is 0.127 e. The highest BCUT2D eigenvalue weighted by molar-refractivity contribution is 9.10. The van der Waals surface area contributed by atoms with E-state index in [1.165, 1.54) is 5.56 Å². The number of nitriles is 1. The number of hydrogen-bond acceptors (Lipinski definition) is 2. The van der Waals surface area contributed by atoms with Crippen molar-refractivity contribution in [1.82, 2.24) is 0 Å². The summed E-state index contributed by atoms with van der Waals surface area (Å²) in [5.74, 6) is 0.907. The van der Waals surface area contributed by atoms with Crippen molar-refractivity contribution < 1.29 is 4.74 Å². The molecule has 0 bridgehead atoms. The highest BCUT2D eigenvalue weighted by Gasteiger charge is 2.31. The molecule has 15 heavy (non-hydrogen) atoms. The number of nitrogens with zero attached hydrogens (tertiary/aromatic N) is 1. The molecule has 0 aliphatic carbocycles. The summed E-state index contributed by atoms with van der Waals surface area (Å²) in [6.45, 7) is 4.13. The lowest BCUT2D eigenvalue weighted by atomic mass is 10.00. The first-order chi connectivity index (χ1) is 7.02. The highest BCUT2D eigenvalue weighted by Crippen LogP contribution is 2.39. The molecule has 2 nitrogen and oxygen atoms in total. The van der Waals surface area contributed by atoms with Crippen molar-refractivity contribution in [2.24, 2.45) is 0 Å². The number of rotatable bonds is 1. The molecule has 3 heteroatoms. The molecule has 0 N–H and O–H groups in total. The van der Waals surface area contributed by atoms with Crippen molar-refractivity contribution in [3.63, 3.8) is 0 Å². The summed E-state index contributed by atoms with van der Waals surface area (Å²) in [7, 11) is 0. The first-order valence-corrected chi connectivity index (χ1v) is 5.68. The van der Waals surface area contributed by atoms with E-state index in [1.807, 2.05) is 6.07 Å². The Kier molecular flexibility index (Phi) is 2.47. The standard InChI is InChI=1S/C12H12BrNO/c1-12(2)7-9-6-10(13)5-8(3-4-14)11(9)15-12/h5-6H,3,7H2,1-2H3. The van der Waals surface area contributed by atoms with Gasteiger partial charge in [0.25, 0.3) is 0 Å². The Labute approximate surface area is 98.0 Å². The first-order valence-electron chi connectivity index (χ1n) is 4.89. The minimum absolute atomic E-state index is 0.146. The van der Waals surface area contributed by atoms with Gasteiger partial charge in [-0.2, -0.15) is 5.26 Å². The van der Waals surface area contributed by atoms with Gasteiger partial charge in [0.05, 0.1) is 12.5 Å². The predicted molar refractivity (Wildman–Crippen MR) is 61.9 cm³/mol. The Morgan fingerprint density at radius 3 is 2.93 bits per heavy atom. The second-order valence-corrected chi connectivity index (χ2v) is 5.34. The van der Waals surface area contributed by atoms with E-state index in [0.717, 1.165) is 22.2 Å². The largest absolute Gasteiger partial charge is 0.487 e. The third kappa shape index (κ3) is 2.00. The molecular weight excluding hydrogens is 254 g/mol. The molecule has 0 saturated heterocycles. The van der Waals surface area contributed by atoms with Crippen LogP contribution in [0.4, 0.5) is 0 Å². The molecule has 2 rings (SSSR count). The van der Waals surface area contributed by atoms with Crippen LogP contribution in [-0.4, -0.2) is 5.60 Å². The molecule has 1 aromatic carbocycles. The maximum Gasteiger partial charge on any atom is 0.127 e. The molecule has 78 valence electrons. The molecule has 0 spiro atoms. The fraction of sp³-hybridized carbons (Fsp3) is 0.417. The van der Waals surface area contributed by atoms with Gasteiger partial charge < -0.3 is 4.74 Å². The third-order valence-electron chi connectivity index (χ3n) is 2.47. The van der Waals surface area contributed by atoms with E-state index in [4.69, 9.17) is 10.00 Å². The quantitative estimate of drug-likeness (QED) is 0.781. The van der Waals surface area contributed by atoms with Crippen LogP contribution < -0.4 is 4.74 Å². The van der Waals surface area contributed by atoms with Crippen molar-refractivity contribution in [2.45, 2.75) is 32.3 Å². The zero-order valence-corrected chi connectivity index (χ0v) is 10.4. The van der Waals surface area contributed by atoms with E-state index in [2.05, 4.69) is 41.9 Å². The van der Waals surface area contributed by atoms with Gasteiger partial charge in [0.2, 0.25) is 0 Å². The topological polar surface area (TPSA) is 33.0 Å². The lowest BCUT2D eigenvalue weighted by Gasteiger charge is -2.17. The number of benzene rings is 1. The second kappa shape index (κ2) is 3.53. The minimum Gasteiger partial charge on any atom is -0.487 e. The number of halogens is 1. The maximum absolute atomic E-state index is 8.75. The van der Waals surface area contributed by atoms with E-state index in [1.54, 1.807) is 0 Å². The molecule has 0 aromatic heterocycles. The summed E-state index contributed by atoms with van der Waals surface area (Å²) in [5.41, 5.74) is 2.03. The summed E-state index contributed by atoms with van der Waals surface area (Å²) < 4.78 is 6.88. The summed E-state index contributed by atoms with van der Waals surface area (Å²) in [6, 6.07) is 6.20. The zero-order valence-electron chi connectivity index (χ0n) is 8.80. The number of ether oxygens (including phenoxy) is 1. The summed E-state index contributed by atoms with van der Waals surface area (Å²) in [5, 5.41) is 8.75. The van der Waals surface area contributed by atoms with Gasteiger partial charge in [-0.1, -0.05) is 15.9 Å². The fourth-order valence-corrected chi connectivity index (χ4v) is 2.51. The summed E-state index contributed by atoms with van der Waals surface area (Å²) >= 11 is 3.46. The van der Waals surface area contributed by atoms with E-state index >= 15 is 0 Å². The Bertz CT molecular complexity index is 446.